The van der Waals surface area contributed by atoms with Crippen LogP contribution in [0.5, 0.6) is 0 Å². The third-order valence-electron chi connectivity index (χ3n) is 3.59. The van der Waals surface area contributed by atoms with Gasteiger partial charge in [0.25, 0.3) is 0 Å². The Labute approximate surface area is 125 Å². The van der Waals surface area contributed by atoms with Crippen molar-refractivity contribution in [2.24, 2.45) is 0 Å². The Bertz CT molecular complexity index is 494. The van der Waals surface area contributed by atoms with Gasteiger partial charge in [0, 0.05) is 19.6 Å². The second kappa shape index (κ2) is 8.64. The summed E-state index contributed by atoms with van der Waals surface area (Å²) in [6.07, 6.45) is 4.97. The van der Waals surface area contributed by atoms with E-state index in [9.17, 15) is 14.4 Å². The van der Waals surface area contributed by atoms with Crippen molar-refractivity contribution in [3.05, 3.63) is 31.5 Å². The molecule has 1 aromatic rings. The van der Waals surface area contributed by atoms with Gasteiger partial charge in [0.2, 0.25) is 0 Å². The van der Waals surface area contributed by atoms with Gasteiger partial charge in [-0.3, -0.25) is 0 Å². The Morgan fingerprint density at radius 2 is 0.810 bits per heavy atom. The zero-order valence-electron chi connectivity index (χ0n) is 13.4. The molecule has 1 heterocycles. The van der Waals surface area contributed by atoms with Crippen molar-refractivity contribution in [2.75, 3.05) is 0 Å². The van der Waals surface area contributed by atoms with Crippen LogP contribution in [-0.2, 0) is 19.6 Å². The number of hydrogen-bond acceptors (Lipinski definition) is 3. The van der Waals surface area contributed by atoms with E-state index in [4.69, 9.17) is 0 Å². The summed E-state index contributed by atoms with van der Waals surface area (Å²) < 4.78 is 3.66. The maximum absolute atomic E-state index is 12.4. The SMILES string of the molecule is CCCCn1c(=O)n(CCCC)c(=O)n(CCCC)c1=O. The molecule has 1 rings (SSSR count). The minimum Gasteiger partial charge on any atom is -0.247 e. The Morgan fingerprint density at radius 3 is 1.00 bits per heavy atom. The third-order valence-corrected chi connectivity index (χ3v) is 3.59. The molecular weight excluding hydrogens is 270 g/mol. The summed E-state index contributed by atoms with van der Waals surface area (Å²) >= 11 is 0. The van der Waals surface area contributed by atoms with Crippen LogP contribution in [-0.4, -0.2) is 13.7 Å². The van der Waals surface area contributed by atoms with E-state index in [-0.39, 0.29) is 0 Å². The maximum Gasteiger partial charge on any atom is 0.336 e. The lowest BCUT2D eigenvalue weighted by Crippen LogP contribution is -2.54. The van der Waals surface area contributed by atoms with Crippen molar-refractivity contribution in [3.8, 4) is 0 Å². The minimum absolute atomic E-state index is 0.382. The number of hydrogen-bond donors (Lipinski definition) is 0. The molecule has 0 fully saturated rings. The zero-order chi connectivity index (χ0) is 15.8. The summed E-state index contributed by atoms with van der Waals surface area (Å²) in [6, 6.07) is 0. The Hall–Kier alpha value is -1.59. The highest BCUT2D eigenvalue weighted by Crippen LogP contribution is 1.92. The summed E-state index contributed by atoms with van der Waals surface area (Å²) in [7, 11) is 0. The largest absolute Gasteiger partial charge is 0.336 e. The van der Waals surface area contributed by atoms with Gasteiger partial charge in [-0.15, -0.1) is 0 Å². The summed E-state index contributed by atoms with van der Waals surface area (Å²) in [6.45, 7) is 7.17. The summed E-state index contributed by atoms with van der Waals surface area (Å²) in [4.78, 5) is 37.1. The molecule has 0 aliphatic rings. The zero-order valence-corrected chi connectivity index (χ0v) is 13.4. The smallest absolute Gasteiger partial charge is 0.247 e. The number of unbranched alkanes of at least 4 members (excludes halogenated alkanes) is 3. The van der Waals surface area contributed by atoms with Crippen LogP contribution in [0.4, 0.5) is 0 Å². The van der Waals surface area contributed by atoms with Crippen LogP contribution >= 0.6 is 0 Å². The highest BCUT2D eigenvalue weighted by Gasteiger charge is 2.14. The first-order chi connectivity index (χ1) is 10.1. The molecule has 0 spiro atoms. The van der Waals surface area contributed by atoms with Crippen molar-refractivity contribution in [1.82, 2.24) is 13.7 Å². The topological polar surface area (TPSA) is 66.0 Å². The van der Waals surface area contributed by atoms with E-state index in [1.807, 2.05) is 20.8 Å². The van der Waals surface area contributed by atoms with Gasteiger partial charge in [0.1, 0.15) is 0 Å². The Kier molecular flexibility index (Phi) is 7.19. The lowest BCUT2D eigenvalue weighted by molar-refractivity contribution is 0.424. The van der Waals surface area contributed by atoms with Crippen LogP contribution in [0, 0.1) is 0 Å². The molecule has 0 saturated heterocycles. The van der Waals surface area contributed by atoms with E-state index in [2.05, 4.69) is 0 Å². The molecule has 6 nitrogen and oxygen atoms in total. The summed E-state index contributed by atoms with van der Waals surface area (Å²) in [5.74, 6) is 0. The van der Waals surface area contributed by atoms with Gasteiger partial charge in [-0.25, -0.2) is 28.1 Å². The molecule has 0 radical (unpaired) electrons. The standard InChI is InChI=1S/C15H27N3O3/c1-4-7-10-16-13(19)17(11-8-5-2)15(21)18(14(16)20)12-9-6-3/h4-12H2,1-3H3. The highest BCUT2D eigenvalue weighted by molar-refractivity contribution is 4.79. The maximum atomic E-state index is 12.4. The molecule has 0 saturated carbocycles. The fourth-order valence-electron chi connectivity index (χ4n) is 2.21. The van der Waals surface area contributed by atoms with E-state index < -0.39 is 17.1 Å². The van der Waals surface area contributed by atoms with Crippen molar-refractivity contribution in [3.63, 3.8) is 0 Å². The molecule has 0 unspecified atom stereocenters. The average Bonchev–Trinajstić information content (AvgIpc) is 2.47. The van der Waals surface area contributed by atoms with Crippen molar-refractivity contribution in [2.45, 2.75) is 78.9 Å². The van der Waals surface area contributed by atoms with Crippen LogP contribution in [0.25, 0.3) is 0 Å². The molecule has 0 N–H and O–H groups in total. The quantitative estimate of drug-likeness (QED) is 0.695. The average molecular weight is 297 g/mol. The van der Waals surface area contributed by atoms with E-state index in [0.717, 1.165) is 38.5 Å². The predicted octanol–water partition coefficient (Wildman–Crippen LogP) is 1.57. The van der Waals surface area contributed by atoms with Gasteiger partial charge in [-0.05, 0) is 19.3 Å². The molecular formula is C15H27N3O3. The molecule has 120 valence electrons. The lowest BCUT2D eigenvalue weighted by atomic mass is 10.3. The second-order valence-electron chi connectivity index (χ2n) is 5.36. The van der Waals surface area contributed by atoms with Gasteiger partial charge < -0.3 is 0 Å². The number of rotatable bonds is 9. The monoisotopic (exact) mass is 297 g/mol. The molecule has 0 aliphatic heterocycles. The molecule has 0 atom stereocenters. The van der Waals surface area contributed by atoms with E-state index in [1.165, 1.54) is 13.7 Å². The lowest BCUT2D eigenvalue weighted by Gasteiger charge is -2.13. The molecule has 6 heteroatoms. The molecule has 0 aromatic carbocycles. The first kappa shape index (κ1) is 17.5. The number of nitrogens with zero attached hydrogens (tertiary/aromatic N) is 3. The van der Waals surface area contributed by atoms with Gasteiger partial charge >= 0.3 is 17.1 Å². The fraction of sp³-hybridized carbons (Fsp3) is 0.800. The predicted molar refractivity (Wildman–Crippen MR) is 83.9 cm³/mol. The molecule has 0 bridgehead atoms. The first-order valence-corrected chi connectivity index (χ1v) is 8.02. The summed E-state index contributed by atoms with van der Waals surface area (Å²) in [5.41, 5.74) is -1.38. The van der Waals surface area contributed by atoms with E-state index in [1.54, 1.807) is 0 Å². The van der Waals surface area contributed by atoms with Crippen LogP contribution < -0.4 is 17.1 Å². The van der Waals surface area contributed by atoms with Crippen LogP contribution in [0.1, 0.15) is 59.3 Å². The first-order valence-electron chi connectivity index (χ1n) is 8.02. The molecule has 0 aliphatic carbocycles. The third kappa shape index (κ3) is 4.19. The van der Waals surface area contributed by atoms with Gasteiger partial charge in [-0.1, -0.05) is 40.0 Å². The Morgan fingerprint density at radius 1 is 0.571 bits per heavy atom. The number of aromatic nitrogens is 3. The molecule has 21 heavy (non-hydrogen) atoms. The van der Waals surface area contributed by atoms with E-state index >= 15 is 0 Å². The minimum atomic E-state index is -0.459. The van der Waals surface area contributed by atoms with Gasteiger partial charge in [0.15, 0.2) is 0 Å². The van der Waals surface area contributed by atoms with E-state index in [0.29, 0.717) is 19.6 Å². The fourth-order valence-corrected chi connectivity index (χ4v) is 2.21. The second-order valence-corrected chi connectivity index (χ2v) is 5.36. The summed E-state index contributed by atoms with van der Waals surface area (Å²) in [5, 5.41) is 0. The van der Waals surface area contributed by atoms with Crippen LogP contribution in [0.15, 0.2) is 14.4 Å². The van der Waals surface area contributed by atoms with Gasteiger partial charge in [-0.2, -0.15) is 0 Å². The van der Waals surface area contributed by atoms with Gasteiger partial charge in [0.05, 0.1) is 0 Å². The highest BCUT2D eigenvalue weighted by atomic mass is 16.2. The van der Waals surface area contributed by atoms with Crippen molar-refractivity contribution >= 4 is 0 Å². The van der Waals surface area contributed by atoms with Crippen molar-refractivity contribution in [1.29, 1.82) is 0 Å². The Balaban J connectivity index is 3.39. The van der Waals surface area contributed by atoms with Crippen molar-refractivity contribution < 1.29 is 0 Å². The normalized spacial score (nSPS) is 11.0. The van der Waals surface area contributed by atoms with Crippen LogP contribution in [0.3, 0.4) is 0 Å². The molecule has 1 aromatic heterocycles. The molecule has 0 amide bonds. The van der Waals surface area contributed by atoms with Crippen LogP contribution in [0.2, 0.25) is 0 Å².